The second-order valence-electron chi connectivity index (χ2n) is 4.94. The maximum absolute atomic E-state index is 14.1. The summed E-state index contributed by atoms with van der Waals surface area (Å²) >= 11 is 3.01. The van der Waals surface area contributed by atoms with Gasteiger partial charge in [0.25, 0.3) is 0 Å². The molecule has 5 heteroatoms. The van der Waals surface area contributed by atoms with E-state index < -0.39 is 23.8 Å². The molecule has 0 saturated heterocycles. The summed E-state index contributed by atoms with van der Waals surface area (Å²) in [5.74, 6) is -1.58. The van der Waals surface area contributed by atoms with E-state index in [0.717, 1.165) is 23.6 Å². The van der Waals surface area contributed by atoms with Crippen LogP contribution in [0.25, 0.3) is 0 Å². The second-order valence-corrected chi connectivity index (χ2v) is 5.80. The highest BCUT2D eigenvalue weighted by molar-refractivity contribution is 9.10. The van der Waals surface area contributed by atoms with E-state index in [1.807, 2.05) is 24.3 Å². The lowest BCUT2D eigenvalue weighted by molar-refractivity contribution is -0.0509. The van der Waals surface area contributed by atoms with Crippen molar-refractivity contribution in [2.75, 3.05) is 6.61 Å². The highest BCUT2D eigenvalue weighted by Crippen LogP contribution is 2.39. The maximum atomic E-state index is 14.1. The zero-order valence-corrected chi connectivity index (χ0v) is 12.6. The van der Waals surface area contributed by atoms with Gasteiger partial charge in [-0.15, -0.1) is 0 Å². The van der Waals surface area contributed by atoms with E-state index in [0.29, 0.717) is 6.61 Å². The smallest absolute Gasteiger partial charge is 0.146 e. The molecular formula is C16H13BrF2O2. The standard InChI is InChI=1S/C16H13BrF2O2/c17-11-5-6-12(18)13(14(11)19)15(20)16-10-4-2-1-3-9(10)7-8-21-16/h1-6,15-16,20H,7-8H2. The van der Waals surface area contributed by atoms with Crippen molar-refractivity contribution in [3.63, 3.8) is 0 Å². The van der Waals surface area contributed by atoms with Gasteiger partial charge in [-0.25, -0.2) is 8.78 Å². The summed E-state index contributed by atoms with van der Waals surface area (Å²) in [5.41, 5.74) is 1.43. The molecule has 2 nitrogen and oxygen atoms in total. The van der Waals surface area contributed by atoms with Crippen LogP contribution in [0, 0.1) is 11.6 Å². The summed E-state index contributed by atoms with van der Waals surface area (Å²) in [6.07, 6.45) is -1.44. The van der Waals surface area contributed by atoms with E-state index in [4.69, 9.17) is 4.74 Å². The Balaban J connectivity index is 2.05. The Bertz CT molecular complexity index is 675. The van der Waals surface area contributed by atoms with Crippen LogP contribution in [-0.4, -0.2) is 11.7 Å². The first-order valence-electron chi connectivity index (χ1n) is 6.60. The molecule has 1 aliphatic heterocycles. The monoisotopic (exact) mass is 354 g/mol. The van der Waals surface area contributed by atoms with Gasteiger partial charge in [-0.3, -0.25) is 0 Å². The first-order chi connectivity index (χ1) is 10.1. The zero-order valence-electron chi connectivity index (χ0n) is 11.0. The van der Waals surface area contributed by atoms with Gasteiger partial charge in [-0.1, -0.05) is 24.3 Å². The van der Waals surface area contributed by atoms with E-state index in [1.54, 1.807) is 0 Å². The quantitative estimate of drug-likeness (QED) is 0.823. The number of aliphatic hydroxyl groups excluding tert-OH is 1. The number of ether oxygens (including phenoxy) is 1. The molecule has 2 aromatic rings. The topological polar surface area (TPSA) is 29.5 Å². The van der Waals surface area contributed by atoms with E-state index in [9.17, 15) is 13.9 Å². The molecule has 0 bridgehead atoms. The largest absolute Gasteiger partial charge is 0.385 e. The Morgan fingerprint density at radius 3 is 2.76 bits per heavy atom. The highest BCUT2D eigenvalue weighted by atomic mass is 79.9. The SMILES string of the molecule is OC(c1c(F)ccc(Br)c1F)C1OCCc2ccccc21. The summed E-state index contributed by atoms with van der Waals surface area (Å²) in [6.45, 7) is 0.413. The number of aliphatic hydroxyl groups is 1. The molecule has 2 unspecified atom stereocenters. The van der Waals surface area contributed by atoms with Crippen molar-refractivity contribution in [3.05, 3.63) is 69.2 Å². The molecule has 0 fully saturated rings. The summed E-state index contributed by atoms with van der Waals surface area (Å²) in [6, 6.07) is 9.87. The third-order valence-electron chi connectivity index (χ3n) is 3.69. The Morgan fingerprint density at radius 2 is 1.95 bits per heavy atom. The lowest BCUT2D eigenvalue weighted by Gasteiger charge is -2.30. The Hall–Kier alpha value is -1.30. The van der Waals surface area contributed by atoms with Crippen LogP contribution in [0.4, 0.5) is 8.78 Å². The fraction of sp³-hybridized carbons (Fsp3) is 0.250. The van der Waals surface area contributed by atoms with Crippen LogP contribution in [0.1, 0.15) is 28.9 Å². The van der Waals surface area contributed by atoms with Gasteiger partial charge in [0, 0.05) is 0 Å². The van der Waals surface area contributed by atoms with Crippen LogP contribution in [0.2, 0.25) is 0 Å². The lowest BCUT2D eigenvalue weighted by Crippen LogP contribution is -2.23. The van der Waals surface area contributed by atoms with Crippen LogP contribution in [0.5, 0.6) is 0 Å². The van der Waals surface area contributed by atoms with Gasteiger partial charge in [0.15, 0.2) is 0 Å². The number of benzene rings is 2. The second kappa shape index (κ2) is 5.83. The van der Waals surface area contributed by atoms with Crippen molar-refractivity contribution >= 4 is 15.9 Å². The fourth-order valence-electron chi connectivity index (χ4n) is 2.65. The van der Waals surface area contributed by atoms with Crippen LogP contribution in [-0.2, 0) is 11.2 Å². The Labute approximate surface area is 129 Å². The molecule has 2 atom stereocenters. The molecule has 3 rings (SSSR count). The van der Waals surface area contributed by atoms with E-state index >= 15 is 0 Å². The molecule has 21 heavy (non-hydrogen) atoms. The van der Waals surface area contributed by atoms with Crippen LogP contribution >= 0.6 is 15.9 Å². The average Bonchev–Trinajstić information content (AvgIpc) is 2.50. The van der Waals surface area contributed by atoms with E-state index in [1.165, 1.54) is 6.07 Å². The molecule has 1 heterocycles. The highest BCUT2D eigenvalue weighted by Gasteiger charge is 2.32. The average molecular weight is 355 g/mol. The fourth-order valence-corrected chi connectivity index (χ4v) is 3.00. The third-order valence-corrected chi connectivity index (χ3v) is 4.30. The normalized spacial score (nSPS) is 19.1. The number of halogens is 3. The molecule has 0 spiro atoms. The minimum absolute atomic E-state index is 0.113. The molecule has 0 radical (unpaired) electrons. The Morgan fingerprint density at radius 1 is 1.19 bits per heavy atom. The summed E-state index contributed by atoms with van der Waals surface area (Å²) in [7, 11) is 0. The van der Waals surface area contributed by atoms with Gasteiger partial charge in [-0.2, -0.15) is 0 Å². The molecule has 1 N–H and O–H groups in total. The first kappa shape index (κ1) is 14.6. The lowest BCUT2D eigenvalue weighted by atomic mass is 9.91. The third kappa shape index (κ3) is 2.61. The number of hydrogen-bond donors (Lipinski definition) is 1. The zero-order chi connectivity index (χ0) is 15.0. The van der Waals surface area contributed by atoms with Crippen molar-refractivity contribution in [3.8, 4) is 0 Å². The molecule has 0 aliphatic carbocycles. The minimum Gasteiger partial charge on any atom is -0.385 e. The molecule has 2 aromatic carbocycles. The molecule has 0 saturated carbocycles. The number of fused-ring (bicyclic) bond motifs is 1. The number of rotatable bonds is 2. The molecule has 0 amide bonds. The van der Waals surface area contributed by atoms with Gasteiger partial charge in [0.2, 0.25) is 0 Å². The van der Waals surface area contributed by atoms with Crippen molar-refractivity contribution in [2.24, 2.45) is 0 Å². The first-order valence-corrected chi connectivity index (χ1v) is 7.39. The Kier molecular flexibility index (Phi) is 4.06. The minimum atomic E-state index is -1.40. The molecule has 1 aliphatic rings. The number of hydrogen-bond acceptors (Lipinski definition) is 2. The summed E-state index contributed by atoms with van der Waals surface area (Å²) in [5, 5.41) is 10.5. The van der Waals surface area contributed by atoms with Crippen molar-refractivity contribution in [1.82, 2.24) is 0 Å². The van der Waals surface area contributed by atoms with Gasteiger partial charge < -0.3 is 9.84 Å². The maximum Gasteiger partial charge on any atom is 0.146 e. The molecule has 0 aromatic heterocycles. The van der Waals surface area contributed by atoms with Gasteiger partial charge in [0.05, 0.1) is 16.6 Å². The van der Waals surface area contributed by atoms with Crippen LogP contribution < -0.4 is 0 Å². The van der Waals surface area contributed by atoms with Crippen LogP contribution in [0.3, 0.4) is 0 Å². The summed E-state index contributed by atoms with van der Waals surface area (Å²) < 4.78 is 33.8. The van der Waals surface area contributed by atoms with E-state index in [-0.39, 0.29) is 10.0 Å². The van der Waals surface area contributed by atoms with E-state index in [2.05, 4.69) is 15.9 Å². The molecular weight excluding hydrogens is 342 g/mol. The molecule has 110 valence electrons. The van der Waals surface area contributed by atoms with Crippen molar-refractivity contribution in [1.29, 1.82) is 0 Å². The van der Waals surface area contributed by atoms with Gasteiger partial charge in [-0.05, 0) is 45.6 Å². The van der Waals surface area contributed by atoms with Gasteiger partial charge >= 0.3 is 0 Å². The van der Waals surface area contributed by atoms with Gasteiger partial charge in [0.1, 0.15) is 23.8 Å². The van der Waals surface area contributed by atoms with Crippen LogP contribution in [0.15, 0.2) is 40.9 Å². The predicted octanol–water partition coefficient (Wildman–Crippen LogP) is 4.07. The van der Waals surface area contributed by atoms with Crippen molar-refractivity contribution < 1.29 is 18.6 Å². The summed E-state index contributed by atoms with van der Waals surface area (Å²) in [4.78, 5) is 0. The van der Waals surface area contributed by atoms with Crippen molar-refractivity contribution in [2.45, 2.75) is 18.6 Å². The predicted molar refractivity (Wildman–Crippen MR) is 77.9 cm³/mol.